The lowest BCUT2D eigenvalue weighted by molar-refractivity contribution is -0.0394. The molecule has 1 aliphatic heterocycles. The molecule has 4 heteroatoms. The minimum absolute atomic E-state index is 0.178. The lowest BCUT2D eigenvalue weighted by Crippen LogP contribution is -2.14. The molecule has 0 bridgehead atoms. The summed E-state index contributed by atoms with van der Waals surface area (Å²) in [7, 11) is 0. The summed E-state index contributed by atoms with van der Waals surface area (Å²) in [6, 6.07) is 13.8. The zero-order chi connectivity index (χ0) is 15.4. The third kappa shape index (κ3) is 3.98. The Kier molecular flexibility index (Phi) is 4.59. The first kappa shape index (κ1) is 14.9. The van der Waals surface area contributed by atoms with Crippen LogP contribution in [0.15, 0.2) is 48.5 Å². The first-order chi connectivity index (χ1) is 10.7. The molecule has 3 nitrogen and oxygen atoms in total. The van der Waals surface area contributed by atoms with Crippen LogP contribution in [-0.2, 0) is 11.3 Å². The number of hydrogen-bond donors (Lipinski definition) is 0. The van der Waals surface area contributed by atoms with Gasteiger partial charge in [-0.05, 0) is 35.7 Å². The van der Waals surface area contributed by atoms with Crippen LogP contribution in [0, 0.1) is 11.7 Å². The van der Waals surface area contributed by atoms with Crippen LogP contribution in [0.3, 0.4) is 0 Å². The van der Waals surface area contributed by atoms with E-state index < -0.39 is 0 Å². The zero-order valence-corrected chi connectivity index (χ0v) is 12.5. The average Bonchev–Trinajstić information content (AvgIpc) is 2.92. The Labute approximate surface area is 129 Å². The summed E-state index contributed by atoms with van der Waals surface area (Å²) in [6.45, 7) is 3.28. The van der Waals surface area contributed by atoms with E-state index in [0.29, 0.717) is 18.3 Å². The molecule has 1 saturated heterocycles. The molecule has 0 aromatic heterocycles. The van der Waals surface area contributed by atoms with Gasteiger partial charge in [-0.25, -0.2) is 4.39 Å². The molecule has 0 radical (unpaired) electrons. The van der Waals surface area contributed by atoms with E-state index in [-0.39, 0.29) is 12.1 Å². The quantitative estimate of drug-likeness (QED) is 0.830. The van der Waals surface area contributed by atoms with Crippen LogP contribution in [0.5, 0.6) is 11.5 Å². The van der Waals surface area contributed by atoms with Gasteiger partial charge < -0.3 is 14.2 Å². The van der Waals surface area contributed by atoms with Crippen LogP contribution in [0.4, 0.5) is 4.39 Å². The van der Waals surface area contributed by atoms with Gasteiger partial charge in [-0.2, -0.15) is 0 Å². The third-order valence-corrected chi connectivity index (χ3v) is 3.55. The second-order valence-electron chi connectivity index (χ2n) is 5.61. The minimum atomic E-state index is -0.245. The lowest BCUT2D eigenvalue weighted by Gasteiger charge is -2.14. The second-order valence-corrected chi connectivity index (χ2v) is 5.61. The number of hydrogen-bond acceptors (Lipinski definition) is 3. The average molecular weight is 302 g/mol. The molecule has 2 aromatic carbocycles. The number of rotatable bonds is 5. The van der Waals surface area contributed by atoms with Gasteiger partial charge in [-0.15, -0.1) is 0 Å². The predicted molar refractivity (Wildman–Crippen MR) is 81.3 cm³/mol. The van der Waals surface area contributed by atoms with Crippen LogP contribution in [0.25, 0.3) is 0 Å². The lowest BCUT2D eigenvalue weighted by atomic mass is 10.1. The van der Waals surface area contributed by atoms with Crippen molar-refractivity contribution in [2.75, 3.05) is 6.61 Å². The Morgan fingerprint density at radius 1 is 1.14 bits per heavy atom. The molecule has 1 fully saturated rings. The summed E-state index contributed by atoms with van der Waals surface area (Å²) in [4.78, 5) is 0. The Hall–Kier alpha value is -2.07. The number of ether oxygens (including phenoxy) is 3. The summed E-state index contributed by atoms with van der Waals surface area (Å²) in [5, 5.41) is 0. The standard InChI is InChI=1S/C18H19FO3/c1-13-9-18(21-11-13)22-17-4-2-3-16(10-17)20-12-14-5-7-15(19)8-6-14/h2-8,10,13,18H,9,11-12H2,1H3/t13-,18?/m1/s1. The van der Waals surface area contributed by atoms with Crippen molar-refractivity contribution >= 4 is 0 Å². The highest BCUT2D eigenvalue weighted by atomic mass is 19.1. The van der Waals surface area contributed by atoms with Gasteiger partial charge in [-0.1, -0.05) is 25.1 Å². The van der Waals surface area contributed by atoms with Crippen LogP contribution < -0.4 is 9.47 Å². The van der Waals surface area contributed by atoms with Crippen LogP contribution in [0.2, 0.25) is 0 Å². The van der Waals surface area contributed by atoms with E-state index in [9.17, 15) is 4.39 Å². The summed E-state index contributed by atoms with van der Waals surface area (Å²) in [5.41, 5.74) is 0.917. The Morgan fingerprint density at radius 2 is 1.91 bits per heavy atom. The van der Waals surface area contributed by atoms with Crippen LogP contribution >= 0.6 is 0 Å². The largest absolute Gasteiger partial charge is 0.489 e. The van der Waals surface area contributed by atoms with Crippen molar-refractivity contribution in [1.82, 2.24) is 0 Å². The van der Waals surface area contributed by atoms with E-state index in [4.69, 9.17) is 14.2 Å². The fourth-order valence-electron chi connectivity index (χ4n) is 2.35. The van der Waals surface area contributed by atoms with Crippen molar-refractivity contribution in [3.05, 3.63) is 59.9 Å². The molecule has 2 aromatic rings. The molecule has 1 aliphatic rings. The predicted octanol–water partition coefficient (Wildman–Crippen LogP) is 4.17. The Morgan fingerprint density at radius 3 is 2.64 bits per heavy atom. The normalized spacial score (nSPS) is 20.8. The SMILES string of the molecule is C[C@H]1COC(Oc2cccc(OCc3ccc(F)cc3)c2)C1. The summed E-state index contributed by atoms with van der Waals surface area (Å²) >= 11 is 0. The van der Waals surface area contributed by atoms with Crippen molar-refractivity contribution in [2.45, 2.75) is 26.2 Å². The molecular weight excluding hydrogens is 283 g/mol. The Balaban J connectivity index is 1.57. The first-order valence-electron chi connectivity index (χ1n) is 7.44. The van der Waals surface area contributed by atoms with E-state index in [0.717, 1.165) is 24.3 Å². The number of halogens is 1. The fourth-order valence-corrected chi connectivity index (χ4v) is 2.35. The van der Waals surface area contributed by atoms with Crippen molar-refractivity contribution < 1.29 is 18.6 Å². The maximum atomic E-state index is 12.9. The molecule has 1 unspecified atom stereocenters. The van der Waals surface area contributed by atoms with E-state index in [1.54, 1.807) is 12.1 Å². The zero-order valence-electron chi connectivity index (χ0n) is 12.5. The summed E-state index contributed by atoms with van der Waals surface area (Å²) in [5.74, 6) is 1.73. The highest BCUT2D eigenvalue weighted by molar-refractivity contribution is 5.33. The smallest absolute Gasteiger partial charge is 0.200 e. The van der Waals surface area contributed by atoms with Gasteiger partial charge in [0.2, 0.25) is 0 Å². The highest BCUT2D eigenvalue weighted by Gasteiger charge is 2.23. The second kappa shape index (κ2) is 6.79. The molecule has 2 atom stereocenters. The first-order valence-corrected chi connectivity index (χ1v) is 7.44. The molecule has 3 rings (SSSR count). The monoisotopic (exact) mass is 302 g/mol. The molecule has 0 amide bonds. The maximum absolute atomic E-state index is 12.9. The van der Waals surface area contributed by atoms with E-state index in [1.807, 2.05) is 24.3 Å². The maximum Gasteiger partial charge on any atom is 0.200 e. The van der Waals surface area contributed by atoms with Crippen molar-refractivity contribution in [3.63, 3.8) is 0 Å². The molecular formula is C18H19FO3. The molecule has 0 N–H and O–H groups in total. The van der Waals surface area contributed by atoms with Gasteiger partial charge in [0.15, 0.2) is 6.29 Å². The minimum Gasteiger partial charge on any atom is -0.489 e. The molecule has 0 saturated carbocycles. The molecule has 22 heavy (non-hydrogen) atoms. The third-order valence-electron chi connectivity index (χ3n) is 3.55. The van der Waals surface area contributed by atoms with Crippen LogP contribution in [0.1, 0.15) is 18.9 Å². The van der Waals surface area contributed by atoms with Gasteiger partial charge in [-0.3, -0.25) is 0 Å². The van der Waals surface area contributed by atoms with E-state index in [1.165, 1.54) is 12.1 Å². The topological polar surface area (TPSA) is 27.7 Å². The van der Waals surface area contributed by atoms with Crippen molar-refractivity contribution in [1.29, 1.82) is 0 Å². The fraction of sp³-hybridized carbons (Fsp3) is 0.333. The summed E-state index contributed by atoms with van der Waals surface area (Å²) < 4.78 is 29.9. The molecule has 0 spiro atoms. The molecule has 1 heterocycles. The van der Waals surface area contributed by atoms with E-state index >= 15 is 0 Å². The molecule has 116 valence electrons. The summed E-state index contributed by atoms with van der Waals surface area (Å²) in [6.07, 6.45) is 0.725. The van der Waals surface area contributed by atoms with Gasteiger partial charge >= 0.3 is 0 Å². The molecule has 0 aliphatic carbocycles. The Bertz CT molecular complexity index is 612. The van der Waals surface area contributed by atoms with Crippen molar-refractivity contribution in [2.24, 2.45) is 5.92 Å². The van der Waals surface area contributed by atoms with Gasteiger partial charge in [0, 0.05) is 12.5 Å². The van der Waals surface area contributed by atoms with Gasteiger partial charge in [0.05, 0.1) is 6.61 Å². The van der Waals surface area contributed by atoms with E-state index in [2.05, 4.69) is 6.92 Å². The number of benzene rings is 2. The van der Waals surface area contributed by atoms with Gasteiger partial charge in [0.1, 0.15) is 23.9 Å². The van der Waals surface area contributed by atoms with Gasteiger partial charge in [0.25, 0.3) is 0 Å². The highest BCUT2D eigenvalue weighted by Crippen LogP contribution is 2.26. The van der Waals surface area contributed by atoms with Crippen LogP contribution in [-0.4, -0.2) is 12.9 Å². The van der Waals surface area contributed by atoms with Crippen molar-refractivity contribution in [3.8, 4) is 11.5 Å².